The Hall–Kier alpha value is -2.93. The molecule has 1 aromatic carbocycles. The Kier molecular flexibility index (Phi) is 5.00. The molecule has 0 aliphatic carbocycles. The van der Waals surface area contributed by atoms with Crippen LogP contribution in [0.4, 0.5) is 5.82 Å². The van der Waals surface area contributed by atoms with E-state index in [0.29, 0.717) is 35.4 Å². The number of benzene rings is 1. The van der Waals surface area contributed by atoms with Crippen LogP contribution in [0.25, 0.3) is 11.3 Å². The molecule has 2 aromatic heterocycles. The minimum Gasteiger partial charge on any atom is -0.462 e. The zero-order chi connectivity index (χ0) is 19.7. The van der Waals surface area contributed by atoms with Crippen LogP contribution in [-0.2, 0) is 17.7 Å². The molecule has 8 heteroatoms. The third kappa shape index (κ3) is 3.45. The highest BCUT2D eigenvalue weighted by Crippen LogP contribution is 2.32. The van der Waals surface area contributed by atoms with Crippen molar-refractivity contribution in [1.29, 1.82) is 0 Å². The number of carbonyl (C=O) groups excluding carboxylic acids is 1. The largest absolute Gasteiger partial charge is 0.462 e. The minimum atomic E-state index is -0.409. The van der Waals surface area contributed by atoms with Gasteiger partial charge in [-0.2, -0.15) is 5.10 Å². The van der Waals surface area contributed by atoms with Gasteiger partial charge in [0.1, 0.15) is 17.2 Å². The molecule has 0 unspecified atom stereocenters. The van der Waals surface area contributed by atoms with Gasteiger partial charge in [-0.05, 0) is 26.0 Å². The van der Waals surface area contributed by atoms with Crippen molar-refractivity contribution < 1.29 is 9.53 Å². The lowest BCUT2D eigenvalue weighted by molar-refractivity contribution is 0.0526. The lowest BCUT2D eigenvalue weighted by Gasteiger charge is -2.29. The fourth-order valence-electron chi connectivity index (χ4n) is 3.37. The number of H-pyrrole nitrogens is 1. The maximum atomic E-state index is 12.4. The molecule has 0 saturated heterocycles. The van der Waals surface area contributed by atoms with Gasteiger partial charge in [-0.3, -0.25) is 5.10 Å². The van der Waals surface area contributed by atoms with Crippen LogP contribution in [0.15, 0.2) is 30.5 Å². The van der Waals surface area contributed by atoms with E-state index in [9.17, 15) is 4.79 Å². The molecule has 28 heavy (non-hydrogen) atoms. The first-order chi connectivity index (χ1) is 13.6. The van der Waals surface area contributed by atoms with Gasteiger partial charge in [0.25, 0.3) is 0 Å². The average molecular weight is 398 g/mol. The molecule has 1 aliphatic rings. The quantitative estimate of drug-likeness (QED) is 0.677. The van der Waals surface area contributed by atoms with Crippen LogP contribution >= 0.6 is 11.6 Å². The third-order valence-electron chi connectivity index (χ3n) is 4.74. The molecule has 3 heterocycles. The van der Waals surface area contributed by atoms with Crippen molar-refractivity contribution in [2.45, 2.75) is 26.8 Å². The van der Waals surface area contributed by atoms with Gasteiger partial charge in [-0.25, -0.2) is 14.8 Å². The molecule has 0 spiro atoms. The number of aromatic amines is 1. The van der Waals surface area contributed by atoms with E-state index in [0.717, 1.165) is 35.5 Å². The van der Waals surface area contributed by atoms with E-state index in [4.69, 9.17) is 16.3 Å². The Bertz CT molecular complexity index is 1020. The third-order valence-corrected chi connectivity index (χ3v) is 4.99. The maximum absolute atomic E-state index is 12.4. The van der Waals surface area contributed by atoms with Crippen molar-refractivity contribution in [3.63, 3.8) is 0 Å². The van der Waals surface area contributed by atoms with Crippen LogP contribution in [0, 0.1) is 6.92 Å². The fourth-order valence-corrected chi connectivity index (χ4v) is 3.50. The molecule has 7 nitrogen and oxygen atoms in total. The van der Waals surface area contributed by atoms with Crippen molar-refractivity contribution >= 4 is 23.4 Å². The Morgan fingerprint density at radius 3 is 2.86 bits per heavy atom. The van der Waals surface area contributed by atoms with Gasteiger partial charge in [0.15, 0.2) is 0 Å². The Morgan fingerprint density at radius 1 is 1.32 bits per heavy atom. The summed E-state index contributed by atoms with van der Waals surface area (Å²) in [4.78, 5) is 23.2. The van der Waals surface area contributed by atoms with Gasteiger partial charge in [-0.15, -0.1) is 0 Å². The van der Waals surface area contributed by atoms with Crippen LogP contribution < -0.4 is 4.90 Å². The molecule has 0 fully saturated rings. The first-order valence-corrected chi connectivity index (χ1v) is 9.52. The molecule has 0 bridgehead atoms. The van der Waals surface area contributed by atoms with E-state index in [1.807, 2.05) is 31.2 Å². The number of esters is 1. The summed E-state index contributed by atoms with van der Waals surface area (Å²) in [6.45, 7) is 5.21. The molecule has 1 N–H and O–H groups in total. The van der Waals surface area contributed by atoms with E-state index in [2.05, 4.69) is 25.1 Å². The van der Waals surface area contributed by atoms with Crippen LogP contribution in [0.1, 0.15) is 34.4 Å². The summed E-state index contributed by atoms with van der Waals surface area (Å²) in [7, 11) is 0. The first-order valence-electron chi connectivity index (χ1n) is 9.14. The predicted octanol–water partition coefficient (Wildman–Crippen LogP) is 3.57. The second kappa shape index (κ2) is 7.59. The second-order valence-corrected chi connectivity index (χ2v) is 7.02. The lowest BCUT2D eigenvalue weighted by Crippen LogP contribution is -2.33. The number of ether oxygens (including phenoxy) is 1. The van der Waals surface area contributed by atoms with E-state index >= 15 is 0 Å². The topological polar surface area (TPSA) is 84.0 Å². The monoisotopic (exact) mass is 397 g/mol. The van der Waals surface area contributed by atoms with Gasteiger partial charge in [-0.1, -0.05) is 23.7 Å². The molecule has 3 aromatic rings. The SMILES string of the molecule is CCOC(=O)c1cnc(C)nc1N1CCc2[nH]nc(-c3ccc(Cl)cc3)c2C1. The van der Waals surface area contributed by atoms with Crippen molar-refractivity contribution in [3.8, 4) is 11.3 Å². The molecule has 0 saturated carbocycles. The predicted molar refractivity (Wildman–Crippen MR) is 107 cm³/mol. The molecule has 0 amide bonds. The van der Waals surface area contributed by atoms with Crippen molar-refractivity contribution in [2.75, 3.05) is 18.1 Å². The zero-order valence-corrected chi connectivity index (χ0v) is 16.5. The minimum absolute atomic E-state index is 0.304. The van der Waals surface area contributed by atoms with Crippen molar-refractivity contribution in [1.82, 2.24) is 20.2 Å². The fraction of sp³-hybridized carbons (Fsp3) is 0.300. The van der Waals surface area contributed by atoms with E-state index in [1.165, 1.54) is 0 Å². The summed E-state index contributed by atoms with van der Waals surface area (Å²) in [6.07, 6.45) is 2.32. The highest BCUT2D eigenvalue weighted by Gasteiger charge is 2.27. The number of halogens is 1. The highest BCUT2D eigenvalue weighted by molar-refractivity contribution is 6.30. The molecule has 0 atom stereocenters. The van der Waals surface area contributed by atoms with Gasteiger partial charge in [0.2, 0.25) is 0 Å². The number of hydrogen-bond acceptors (Lipinski definition) is 6. The summed E-state index contributed by atoms with van der Waals surface area (Å²) < 4.78 is 5.18. The number of fused-ring (bicyclic) bond motifs is 1. The highest BCUT2D eigenvalue weighted by atomic mass is 35.5. The van der Waals surface area contributed by atoms with Gasteiger partial charge >= 0.3 is 5.97 Å². The van der Waals surface area contributed by atoms with Gasteiger partial charge < -0.3 is 9.64 Å². The van der Waals surface area contributed by atoms with Gasteiger partial charge in [0.05, 0.1) is 12.3 Å². The maximum Gasteiger partial charge on any atom is 0.343 e. The lowest BCUT2D eigenvalue weighted by atomic mass is 10.0. The number of carbonyl (C=O) groups is 1. The number of nitrogens with one attached hydrogen (secondary N) is 1. The molecule has 144 valence electrons. The Morgan fingerprint density at radius 2 is 2.11 bits per heavy atom. The smallest absolute Gasteiger partial charge is 0.343 e. The summed E-state index contributed by atoms with van der Waals surface area (Å²) in [5.41, 5.74) is 4.46. The number of anilines is 1. The van der Waals surface area contributed by atoms with Crippen LogP contribution in [0.2, 0.25) is 5.02 Å². The zero-order valence-electron chi connectivity index (χ0n) is 15.7. The molecule has 0 radical (unpaired) electrons. The number of nitrogens with zero attached hydrogens (tertiary/aromatic N) is 4. The van der Waals surface area contributed by atoms with Crippen LogP contribution in [0.5, 0.6) is 0 Å². The van der Waals surface area contributed by atoms with E-state index in [-0.39, 0.29) is 0 Å². The standard InChI is InChI=1S/C20H20ClN5O2/c1-3-28-20(27)15-10-22-12(2)23-19(15)26-9-8-17-16(11-26)18(25-24-17)13-4-6-14(21)7-5-13/h4-7,10H,3,8-9,11H2,1-2H3,(H,24,25). The second-order valence-electron chi connectivity index (χ2n) is 6.58. The molecular formula is C20H20ClN5O2. The molecular weight excluding hydrogens is 378 g/mol. The first kappa shape index (κ1) is 18.4. The molecule has 1 aliphatic heterocycles. The summed E-state index contributed by atoms with van der Waals surface area (Å²) >= 11 is 6.01. The summed E-state index contributed by atoms with van der Waals surface area (Å²) in [6, 6.07) is 7.61. The summed E-state index contributed by atoms with van der Waals surface area (Å²) in [5, 5.41) is 8.34. The normalized spacial score (nSPS) is 13.3. The van der Waals surface area contributed by atoms with Gasteiger partial charge in [0, 0.05) is 47.6 Å². The van der Waals surface area contributed by atoms with Crippen molar-refractivity contribution in [2.24, 2.45) is 0 Å². The van der Waals surface area contributed by atoms with E-state index < -0.39 is 5.97 Å². The number of aryl methyl sites for hydroxylation is 1. The van der Waals surface area contributed by atoms with E-state index in [1.54, 1.807) is 13.1 Å². The number of aromatic nitrogens is 4. The number of rotatable bonds is 4. The summed E-state index contributed by atoms with van der Waals surface area (Å²) in [5.74, 6) is 0.798. The van der Waals surface area contributed by atoms with Crippen LogP contribution in [-0.4, -0.2) is 39.3 Å². The Balaban J connectivity index is 1.70. The molecule has 4 rings (SSSR count). The van der Waals surface area contributed by atoms with Crippen molar-refractivity contribution in [3.05, 3.63) is 58.1 Å². The average Bonchev–Trinajstić information content (AvgIpc) is 3.12. The van der Waals surface area contributed by atoms with Crippen LogP contribution in [0.3, 0.4) is 0 Å². The number of hydrogen-bond donors (Lipinski definition) is 1. The Labute approximate surface area is 167 Å².